The molecule has 31 heavy (non-hydrogen) atoms. The smallest absolute Gasteiger partial charge is 0.337 e. The van der Waals surface area contributed by atoms with E-state index in [0.717, 1.165) is 11.3 Å². The number of anilines is 1. The van der Waals surface area contributed by atoms with Crippen LogP contribution in [0.5, 0.6) is 0 Å². The fraction of sp³-hybridized carbons (Fsp3) is 0.0417. The summed E-state index contributed by atoms with van der Waals surface area (Å²) in [7, 11) is 1.32. The molecule has 0 unspecified atom stereocenters. The maximum atomic E-state index is 13.1. The first-order chi connectivity index (χ1) is 15.0. The number of ether oxygens (including phenoxy) is 1. The molecule has 0 saturated heterocycles. The van der Waals surface area contributed by atoms with Crippen molar-refractivity contribution in [3.8, 4) is 16.9 Å². The standard InChI is InChI=1S/C24H18ClN3O3/c1-31-24(30)16-10-12-19(13-11-16)26-23(29)21-15-28(20-8-3-2-4-9-20)27-22(21)17-6-5-7-18(25)14-17/h2-15H,1H3,(H,26,29). The normalized spacial score (nSPS) is 10.5. The Hall–Kier alpha value is -3.90. The molecule has 1 N–H and O–H groups in total. The van der Waals surface area contributed by atoms with Crippen molar-refractivity contribution in [2.45, 2.75) is 0 Å². The van der Waals surface area contributed by atoms with E-state index in [2.05, 4.69) is 10.4 Å². The minimum absolute atomic E-state index is 0.331. The molecule has 0 fully saturated rings. The number of methoxy groups -OCH3 is 1. The van der Waals surface area contributed by atoms with Gasteiger partial charge in [0.1, 0.15) is 5.69 Å². The van der Waals surface area contributed by atoms with E-state index in [1.54, 1.807) is 47.3 Å². The lowest BCUT2D eigenvalue weighted by Gasteiger charge is -2.06. The number of aromatic nitrogens is 2. The molecule has 0 spiro atoms. The van der Waals surface area contributed by atoms with Crippen molar-refractivity contribution in [2.75, 3.05) is 12.4 Å². The topological polar surface area (TPSA) is 73.2 Å². The van der Waals surface area contributed by atoms with Crippen molar-refractivity contribution in [2.24, 2.45) is 0 Å². The third-order valence-corrected chi connectivity index (χ3v) is 4.88. The van der Waals surface area contributed by atoms with Gasteiger partial charge in [0, 0.05) is 22.5 Å². The van der Waals surface area contributed by atoms with Gasteiger partial charge in [0.15, 0.2) is 0 Å². The van der Waals surface area contributed by atoms with E-state index in [4.69, 9.17) is 16.3 Å². The van der Waals surface area contributed by atoms with Crippen molar-refractivity contribution in [1.82, 2.24) is 9.78 Å². The predicted octanol–water partition coefficient (Wildman–Crippen LogP) is 5.23. The van der Waals surface area contributed by atoms with Crippen LogP contribution in [0.2, 0.25) is 5.02 Å². The fourth-order valence-corrected chi connectivity index (χ4v) is 3.30. The van der Waals surface area contributed by atoms with E-state index >= 15 is 0 Å². The lowest BCUT2D eigenvalue weighted by molar-refractivity contribution is 0.0600. The predicted molar refractivity (Wildman–Crippen MR) is 120 cm³/mol. The molecule has 0 aliphatic carbocycles. The summed E-state index contributed by atoms with van der Waals surface area (Å²) in [5.41, 5.74) is 3.40. The Morgan fingerprint density at radius 3 is 2.39 bits per heavy atom. The van der Waals surface area contributed by atoms with Crippen LogP contribution in [-0.4, -0.2) is 28.8 Å². The van der Waals surface area contributed by atoms with Gasteiger partial charge in [-0.25, -0.2) is 9.48 Å². The number of carbonyl (C=O) groups excluding carboxylic acids is 2. The molecule has 1 amide bonds. The lowest BCUT2D eigenvalue weighted by atomic mass is 10.1. The highest BCUT2D eigenvalue weighted by Gasteiger charge is 2.19. The van der Waals surface area contributed by atoms with Crippen molar-refractivity contribution in [1.29, 1.82) is 0 Å². The van der Waals surface area contributed by atoms with Gasteiger partial charge in [-0.2, -0.15) is 5.10 Å². The van der Waals surface area contributed by atoms with E-state index in [1.807, 2.05) is 42.5 Å². The van der Waals surface area contributed by atoms with Crippen LogP contribution in [0, 0.1) is 0 Å². The summed E-state index contributed by atoms with van der Waals surface area (Å²) in [5.74, 6) is -0.770. The molecular formula is C24H18ClN3O3. The molecule has 4 rings (SSSR count). The third-order valence-electron chi connectivity index (χ3n) is 4.64. The molecule has 0 bridgehead atoms. The van der Waals surface area contributed by atoms with Crippen LogP contribution in [0.3, 0.4) is 0 Å². The summed E-state index contributed by atoms with van der Waals surface area (Å²) < 4.78 is 6.36. The maximum absolute atomic E-state index is 13.1. The Labute approximate surface area is 184 Å². The van der Waals surface area contributed by atoms with Crippen LogP contribution in [-0.2, 0) is 4.74 Å². The van der Waals surface area contributed by atoms with Crippen LogP contribution in [0.1, 0.15) is 20.7 Å². The molecule has 1 heterocycles. The van der Waals surface area contributed by atoms with Crippen LogP contribution in [0.4, 0.5) is 5.69 Å². The SMILES string of the molecule is COC(=O)c1ccc(NC(=O)c2cn(-c3ccccc3)nc2-c2cccc(Cl)c2)cc1. The summed E-state index contributed by atoms with van der Waals surface area (Å²) >= 11 is 6.16. The first kappa shape index (κ1) is 20.4. The molecule has 4 aromatic rings. The quantitative estimate of drug-likeness (QED) is 0.439. The van der Waals surface area contributed by atoms with Crippen LogP contribution in [0.25, 0.3) is 16.9 Å². The minimum atomic E-state index is -0.440. The van der Waals surface area contributed by atoms with Crippen LogP contribution < -0.4 is 5.32 Å². The third kappa shape index (κ3) is 4.49. The first-order valence-corrected chi connectivity index (χ1v) is 9.84. The van der Waals surface area contributed by atoms with Crippen molar-refractivity contribution in [3.63, 3.8) is 0 Å². The molecule has 0 aliphatic rings. The van der Waals surface area contributed by atoms with Crippen molar-refractivity contribution >= 4 is 29.2 Å². The zero-order valence-corrected chi connectivity index (χ0v) is 17.3. The van der Waals surface area contributed by atoms with Gasteiger partial charge in [-0.05, 0) is 48.5 Å². The molecular weight excluding hydrogens is 414 g/mol. The second-order valence-electron chi connectivity index (χ2n) is 6.70. The molecule has 0 radical (unpaired) electrons. The van der Waals surface area contributed by atoms with Crippen molar-refractivity contribution in [3.05, 3.63) is 101 Å². The number of para-hydroxylation sites is 1. The number of nitrogens with zero attached hydrogens (tertiary/aromatic N) is 2. The largest absolute Gasteiger partial charge is 0.465 e. The van der Waals surface area contributed by atoms with Gasteiger partial charge in [0.25, 0.3) is 5.91 Å². The molecule has 7 heteroatoms. The Morgan fingerprint density at radius 1 is 0.968 bits per heavy atom. The number of hydrogen-bond donors (Lipinski definition) is 1. The maximum Gasteiger partial charge on any atom is 0.337 e. The average Bonchev–Trinajstić information content (AvgIpc) is 3.25. The Kier molecular flexibility index (Phi) is 5.82. The number of nitrogens with one attached hydrogen (secondary N) is 1. The summed E-state index contributed by atoms with van der Waals surface area (Å²) in [6, 6.07) is 23.2. The number of rotatable bonds is 5. The van der Waals surface area contributed by atoms with Gasteiger partial charge in [-0.3, -0.25) is 4.79 Å². The van der Waals surface area contributed by atoms with E-state index in [0.29, 0.717) is 27.5 Å². The molecule has 154 valence electrons. The molecule has 3 aromatic carbocycles. The first-order valence-electron chi connectivity index (χ1n) is 9.46. The second-order valence-corrected chi connectivity index (χ2v) is 7.14. The number of carbonyl (C=O) groups is 2. The van der Waals surface area contributed by atoms with E-state index in [9.17, 15) is 9.59 Å². The molecule has 6 nitrogen and oxygen atoms in total. The average molecular weight is 432 g/mol. The number of hydrogen-bond acceptors (Lipinski definition) is 4. The molecule has 0 atom stereocenters. The van der Waals surface area contributed by atoms with Gasteiger partial charge in [0.05, 0.1) is 23.9 Å². The van der Waals surface area contributed by atoms with E-state index in [1.165, 1.54) is 7.11 Å². The Balaban J connectivity index is 1.69. The highest BCUT2D eigenvalue weighted by atomic mass is 35.5. The van der Waals surface area contributed by atoms with E-state index in [-0.39, 0.29) is 5.91 Å². The summed E-state index contributed by atoms with van der Waals surface area (Å²) in [6.45, 7) is 0. The van der Waals surface area contributed by atoms with E-state index < -0.39 is 5.97 Å². The summed E-state index contributed by atoms with van der Waals surface area (Å²) in [5, 5.41) is 8.05. The zero-order valence-electron chi connectivity index (χ0n) is 16.6. The van der Waals surface area contributed by atoms with Gasteiger partial charge in [-0.15, -0.1) is 0 Å². The highest BCUT2D eigenvalue weighted by Crippen LogP contribution is 2.27. The number of amides is 1. The fourth-order valence-electron chi connectivity index (χ4n) is 3.11. The second kappa shape index (κ2) is 8.85. The monoisotopic (exact) mass is 431 g/mol. The van der Waals surface area contributed by atoms with Crippen LogP contribution >= 0.6 is 11.6 Å². The van der Waals surface area contributed by atoms with Gasteiger partial charge in [-0.1, -0.05) is 41.9 Å². The highest BCUT2D eigenvalue weighted by molar-refractivity contribution is 6.30. The summed E-state index contributed by atoms with van der Waals surface area (Å²) in [4.78, 5) is 24.7. The zero-order chi connectivity index (χ0) is 21.8. The van der Waals surface area contributed by atoms with Gasteiger partial charge in [0.2, 0.25) is 0 Å². The number of benzene rings is 3. The Morgan fingerprint density at radius 2 is 1.71 bits per heavy atom. The van der Waals surface area contributed by atoms with Gasteiger partial charge < -0.3 is 10.1 Å². The number of halogens is 1. The van der Waals surface area contributed by atoms with Crippen molar-refractivity contribution < 1.29 is 14.3 Å². The molecule has 0 aliphatic heterocycles. The lowest BCUT2D eigenvalue weighted by Crippen LogP contribution is -2.12. The van der Waals surface area contributed by atoms with Crippen LogP contribution in [0.15, 0.2) is 85.1 Å². The minimum Gasteiger partial charge on any atom is -0.465 e. The molecule has 0 saturated carbocycles. The molecule has 1 aromatic heterocycles. The van der Waals surface area contributed by atoms with Gasteiger partial charge >= 0.3 is 5.97 Å². The Bertz CT molecular complexity index is 1230. The number of esters is 1. The summed E-state index contributed by atoms with van der Waals surface area (Å²) in [6.07, 6.45) is 1.68.